The summed E-state index contributed by atoms with van der Waals surface area (Å²) < 4.78 is 39.6. The van der Waals surface area contributed by atoms with E-state index in [1.165, 1.54) is 50.7 Å². The summed E-state index contributed by atoms with van der Waals surface area (Å²) >= 11 is 0. The van der Waals surface area contributed by atoms with Crippen LogP contribution in [-0.2, 0) is 42.9 Å². The highest BCUT2D eigenvalue weighted by molar-refractivity contribution is 6.01. The van der Waals surface area contributed by atoms with Crippen molar-refractivity contribution < 1.29 is 62.6 Å². The molecule has 12 nitrogen and oxygen atoms in total. The van der Waals surface area contributed by atoms with Crippen LogP contribution in [0.2, 0.25) is 0 Å². The maximum absolute atomic E-state index is 17.6. The Morgan fingerprint density at radius 2 is 1.12 bits per heavy atom. The lowest BCUT2D eigenvalue weighted by molar-refractivity contribution is -0.244. The Hall–Kier alpha value is -4.20. The first-order valence-corrected chi connectivity index (χ1v) is 30.5. The molecule has 78 heavy (non-hydrogen) atoms. The van der Waals surface area contributed by atoms with E-state index in [1.807, 2.05) is 0 Å². The lowest BCUT2D eigenvalue weighted by atomic mass is 9.44. The average molecular weight is 1090 g/mol. The van der Waals surface area contributed by atoms with Gasteiger partial charge >= 0.3 is 23.9 Å². The number of ether oxygens (including phenoxy) is 4. The van der Waals surface area contributed by atoms with Gasteiger partial charge in [-0.15, -0.1) is 0 Å². The van der Waals surface area contributed by atoms with Crippen LogP contribution in [0.5, 0.6) is 0 Å². The minimum atomic E-state index is -2.10. The molecule has 4 rings (SSSR count). The second-order valence-electron chi connectivity index (χ2n) is 23.4. The number of unbranched alkanes of at least 4 members (excludes halogenated alkanes) is 16. The molecule has 4 aliphatic carbocycles. The molecule has 4 aliphatic rings. The molecule has 440 valence electrons. The van der Waals surface area contributed by atoms with Crippen LogP contribution in [0.25, 0.3) is 0 Å². The second-order valence-corrected chi connectivity index (χ2v) is 23.4. The zero-order valence-corrected chi connectivity index (χ0v) is 48.5. The molecular formula is C65H101FO12. The van der Waals surface area contributed by atoms with E-state index in [2.05, 4.69) is 62.5 Å². The van der Waals surface area contributed by atoms with E-state index in [-0.39, 0.29) is 38.3 Å². The molecule has 10 atom stereocenters. The molecule has 0 amide bonds. The highest BCUT2D eigenvalue weighted by atomic mass is 19.1. The molecule has 0 radical (unpaired) electrons. The average Bonchev–Trinajstić information content (AvgIpc) is 3.71. The van der Waals surface area contributed by atoms with Crippen LogP contribution >= 0.6 is 0 Å². The first-order chi connectivity index (χ1) is 37.5. The van der Waals surface area contributed by atoms with E-state index in [9.17, 15) is 39.3 Å². The van der Waals surface area contributed by atoms with E-state index in [0.29, 0.717) is 37.7 Å². The molecule has 0 heterocycles. The Morgan fingerprint density at radius 3 is 1.64 bits per heavy atom. The Balaban J connectivity index is 1.20. The van der Waals surface area contributed by atoms with E-state index in [1.54, 1.807) is 26.8 Å². The summed E-state index contributed by atoms with van der Waals surface area (Å²) in [6, 6.07) is 0. The van der Waals surface area contributed by atoms with Gasteiger partial charge in [0, 0.05) is 29.6 Å². The lowest BCUT2D eigenvalue weighted by Gasteiger charge is -2.63. The predicted octanol–water partition coefficient (Wildman–Crippen LogP) is 13.6. The predicted molar refractivity (Wildman–Crippen MR) is 305 cm³/mol. The van der Waals surface area contributed by atoms with Crippen LogP contribution in [0.3, 0.4) is 0 Å². The molecule has 0 spiro atoms. The monoisotopic (exact) mass is 1090 g/mol. The van der Waals surface area contributed by atoms with Gasteiger partial charge < -0.3 is 34.3 Å². The zero-order valence-electron chi connectivity index (χ0n) is 48.5. The molecule has 0 aromatic carbocycles. The quantitative estimate of drug-likeness (QED) is 0.0230. The molecule has 2 unspecified atom stereocenters. The number of fused-ring (bicyclic) bond motifs is 5. The largest absolute Gasteiger partial charge is 0.463 e. The van der Waals surface area contributed by atoms with Crippen LogP contribution in [0.15, 0.2) is 72.4 Å². The SMILES string of the molecule is CCCCC/C=C\C/C=C\CCCCCCCC(=O)OC[C@H](COC(=O)CCC(=O)OCC(O)[C@@]1(O)[C@H](C)CC2[C@@H]3CCC4=CC(=O)C=C[C@]4(C)[C@@]3(F)[C@@H](O)C[C@@]21C)OC(=O)CCCCCCC/C=C\C/C=C\CCCCC. The van der Waals surface area contributed by atoms with Gasteiger partial charge in [-0.25, -0.2) is 4.39 Å². The summed E-state index contributed by atoms with van der Waals surface area (Å²) in [7, 11) is 0. The molecule has 0 aromatic heterocycles. The first kappa shape index (κ1) is 66.3. The van der Waals surface area contributed by atoms with Gasteiger partial charge in [0.05, 0.1) is 18.9 Å². The molecule has 3 N–H and O–H groups in total. The molecule has 3 fully saturated rings. The third-order valence-electron chi connectivity index (χ3n) is 17.6. The van der Waals surface area contributed by atoms with Crippen LogP contribution in [0.1, 0.15) is 227 Å². The minimum Gasteiger partial charge on any atom is -0.463 e. The Morgan fingerprint density at radius 1 is 0.654 bits per heavy atom. The van der Waals surface area contributed by atoms with E-state index >= 15 is 4.39 Å². The van der Waals surface area contributed by atoms with Gasteiger partial charge in [0.25, 0.3) is 0 Å². The second kappa shape index (κ2) is 34.8. The highest BCUT2D eigenvalue weighted by Gasteiger charge is 2.75. The van der Waals surface area contributed by atoms with Gasteiger partial charge in [0.1, 0.15) is 31.5 Å². The van der Waals surface area contributed by atoms with Gasteiger partial charge in [-0.2, -0.15) is 0 Å². The van der Waals surface area contributed by atoms with Crippen molar-refractivity contribution in [3.05, 3.63) is 72.4 Å². The minimum absolute atomic E-state index is 0.157. The number of hydrogen-bond donors (Lipinski definition) is 3. The van der Waals surface area contributed by atoms with Crippen molar-refractivity contribution in [2.24, 2.45) is 28.6 Å². The molecule has 0 saturated heterocycles. The number of allylic oxidation sites excluding steroid dienone is 12. The summed E-state index contributed by atoms with van der Waals surface area (Å²) in [5.41, 5.74) is -5.66. The summed E-state index contributed by atoms with van der Waals surface area (Å²) in [6.07, 6.45) is 41.9. The number of alkyl halides is 1. The fourth-order valence-electron chi connectivity index (χ4n) is 12.9. The van der Waals surface area contributed by atoms with Crippen LogP contribution < -0.4 is 0 Å². The summed E-state index contributed by atoms with van der Waals surface area (Å²) in [5, 5.41) is 35.7. The Labute approximate surface area is 468 Å². The number of aliphatic hydroxyl groups excluding tert-OH is 2. The molecule has 0 aliphatic heterocycles. The van der Waals surface area contributed by atoms with Crippen molar-refractivity contribution >= 4 is 29.7 Å². The van der Waals surface area contributed by atoms with Gasteiger partial charge in [-0.3, -0.25) is 24.0 Å². The number of ketones is 1. The maximum atomic E-state index is 17.6. The Bertz CT molecular complexity index is 2040. The fraction of sp³-hybridized carbons (Fsp3) is 0.738. The standard InChI is InChI=1S/C65H101FO12/c1-6-8-10-12-14-16-18-20-22-24-26-28-30-32-34-36-58(70)75-47-53(78-61(73)37-35-33-31-29-27-25-23-21-19-17-15-13-11-9-7-2)48-76-59(71)40-41-60(72)77-49-57(69)65(74)50(3)44-55-54-39-38-51-45-52(67)42-43-62(51,4)64(54,66)56(68)46-63(55,65)5/h14-17,20-23,42-43,45,50,53-57,68-69,74H,6-13,18-19,24-41,44,46-49H2,1-5H3/b16-14-,17-15-,22-20-,23-21-/t50-,53-,54+,55?,56+,57?,62+,63+,64+,65+/m1/s1. The number of carbonyl (C=O) groups excluding carboxylic acids is 5. The van der Waals surface area contributed by atoms with E-state index < -0.39 is 101 Å². The smallest absolute Gasteiger partial charge is 0.306 e. The molecule has 0 aromatic rings. The normalized spacial score (nSPS) is 27.4. The lowest BCUT2D eigenvalue weighted by Crippen LogP contribution is -2.70. The third-order valence-corrected chi connectivity index (χ3v) is 17.6. The van der Waals surface area contributed by atoms with Gasteiger partial charge in [0.15, 0.2) is 17.6 Å². The number of esters is 4. The number of hydrogen-bond acceptors (Lipinski definition) is 12. The van der Waals surface area contributed by atoms with Crippen molar-refractivity contribution in [2.45, 2.75) is 257 Å². The molecule has 0 bridgehead atoms. The number of halogens is 1. The van der Waals surface area contributed by atoms with E-state index in [0.717, 1.165) is 89.9 Å². The maximum Gasteiger partial charge on any atom is 0.306 e. The molecular weight excluding hydrogens is 992 g/mol. The third kappa shape index (κ3) is 19.5. The van der Waals surface area contributed by atoms with Gasteiger partial charge in [0.2, 0.25) is 0 Å². The fourth-order valence-corrected chi connectivity index (χ4v) is 12.9. The van der Waals surface area contributed by atoms with Crippen LogP contribution in [-0.4, -0.2) is 94.4 Å². The van der Waals surface area contributed by atoms with Crippen molar-refractivity contribution in [3.8, 4) is 0 Å². The number of rotatable bonds is 39. The van der Waals surface area contributed by atoms with Crippen LogP contribution in [0, 0.1) is 28.6 Å². The molecule has 13 heteroatoms. The van der Waals surface area contributed by atoms with Crippen molar-refractivity contribution in [2.75, 3.05) is 19.8 Å². The summed E-state index contributed by atoms with van der Waals surface area (Å²) in [6.45, 7) is 8.41. The first-order valence-electron chi connectivity index (χ1n) is 30.5. The summed E-state index contributed by atoms with van der Waals surface area (Å²) in [5.74, 6) is -4.39. The number of carbonyl (C=O) groups is 5. The van der Waals surface area contributed by atoms with Crippen LogP contribution in [0.4, 0.5) is 4.39 Å². The van der Waals surface area contributed by atoms with Crippen molar-refractivity contribution in [3.63, 3.8) is 0 Å². The van der Waals surface area contributed by atoms with E-state index in [4.69, 9.17) is 18.9 Å². The summed E-state index contributed by atoms with van der Waals surface area (Å²) in [4.78, 5) is 63.9. The van der Waals surface area contributed by atoms with Gasteiger partial charge in [-0.05, 0) is 134 Å². The number of aliphatic hydroxyl groups is 3. The zero-order chi connectivity index (χ0) is 56.9. The topological polar surface area (TPSA) is 183 Å². The van der Waals surface area contributed by atoms with Crippen molar-refractivity contribution in [1.29, 1.82) is 0 Å². The Kier molecular flexibility index (Phi) is 29.6. The molecule has 3 saturated carbocycles. The highest BCUT2D eigenvalue weighted by Crippen LogP contribution is 2.71. The van der Waals surface area contributed by atoms with Gasteiger partial charge in [-0.1, -0.05) is 152 Å². The van der Waals surface area contributed by atoms with Crippen molar-refractivity contribution in [1.82, 2.24) is 0 Å².